The number of fused-ring (bicyclic) bond motifs is 5. The van der Waals surface area contributed by atoms with Gasteiger partial charge in [-0.1, -0.05) is 29.8 Å². The van der Waals surface area contributed by atoms with Crippen LogP contribution in [-0.2, 0) is 20.8 Å². The summed E-state index contributed by atoms with van der Waals surface area (Å²) in [4.78, 5) is 16.3. The number of aryl methyl sites for hydroxylation is 1. The van der Waals surface area contributed by atoms with E-state index in [1.807, 2.05) is 6.07 Å². The second kappa shape index (κ2) is 8.87. The van der Waals surface area contributed by atoms with E-state index >= 15 is 0 Å². The number of carbonyl (C=O) groups excluding carboxylic acids is 1. The molecule has 0 spiro atoms. The van der Waals surface area contributed by atoms with Crippen LogP contribution < -0.4 is 5.46 Å². The van der Waals surface area contributed by atoms with Crippen LogP contribution in [0.25, 0.3) is 22.2 Å². The lowest BCUT2D eigenvalue weighted by molar-refractivity contribution is -0.145. The first-order valence-electron chi connectivity index (χ1n) is 10.9. The predicted molar refractivity (Wildman–Crippen MR) is 131 cm³/mol. The molecule has 2 aromatic heterocycles. The van der Waals surface area contributed by atoms with Crippen molar-refractivity contribution < 1.29 is 24.3 Å². The van der Waals surface area contributed by atoms with Gasteiger partial charge in [0.2, 0.25) is 0 Å². The first-order valence-corrected chi connectivity index (χ1v) is 11.7. The van der Waals surface area contributed by atoms with Gasteiger partial charge in [-0.25, -0.2) is 0 Å². The van der Waals surface area contributed by atoms with Gasteiger partial charge < -0.3 is 24.1 Å². The van der Waals surface area contributed by atoms with Gasteiger partial charge in [0.05, 0.1) is 18.0 Å². The van der Waals surface area contributed by atoms with Crippen molar-refractivity contribution in [3.63, 3.8) is 0 Å². The molecule has 1 aliphatic rings. The average Bonchev–Trinajstić information content (AvgIpc) is 3.09. The van der Waals surface area contributed by atoms with Crippen molar-refractivity contribution in [2.45, 2.75) is 46.3 Å². The van der Waals surface area contributed by atoms with E-state index in [1.54, 1.807) is 13.2 Å². The smallest absolute Gasteiger partial charge is 0.465 e. The number of esters is 1. The molecule has 0 amide bonds. The van der Waals surface area contributed by atoms with E-state index in [2.05, 4.69) is 58.4 Å². The first kappa shape index (κ1) is 23.9. The van der Waals surface area contributed by atoms with Crippen LogP contribution in [0, 0.1) is 5.41 Å². The lowest BCUT2D eigenvalue weighted by atomic mass is 9.66. The summed E-state index contributed by atoms with van der Waals surface area (Å²) in [6.07, 6.45) is 1.06. The molecule has 33 heavy (non-hydrogen) atoms. The molecule has 0 radical (unpaired) electrons. The Hall–Kier alpha value is -2.20. The van der Waals surface area contributed by atoms with Crippen LogP contribution in [0.5, 0.6) is 0 Å². The Kier molecular flexibility index (Phi) is 6.44. The summed E-state index contributed by atoms with van der Waals surface area (Å²) in [7, 11) is 0.0266. The number of aromatic nitrogens is 2. The zero-order chi connectivity index (χ0) is 24.1. The number of nitrogens with zero attached hydrogens (tertiary/aromatic N) is 2. The Balaban J connectivity index is 2.09. The van der Waals surface area contributed by atoms with Gasteiger partial charge >= 0.3 is 13.1 Å². The van der Waals surface area contributed by atoms with Crippen molar-refractivity contribution in [1.82, 2.24) is 9.55 Å². The maximum Gasteiger partial charge on any atom is 0.490 e. The third-order valence-electron chi connectivity index (χ3n) is 6.50. The van der Waals surface area contributed by atoms with Crippen molar-refractivity contribution >= 4 is 45.4 Å². The molecule has 9 heteroatoms. The average molecular weight is 515 g/mol. The summed E-state index contributed by atoms with van der Waals surface area (Å²) >= 11 is 3.62. The number of benzene rings is 1. The van der Waals surface area contributed by atoms with E-state index in [1.165, 1.54) is 13.1 Å². The Morgan fingerprint density at radius 1 is 1.30 bits per heavy atom. The third-order valence-corrected chi connectivity index (χ3v) is 6.99. The molecular weight excluding hydrogens is 487 g/mol. The van der Waals surface area contributed by atoms with Gasteiger partial charge in [-0.15, -0.1) is 0 Å². The monoisotopic (exact) mass is 514 g/mol. The standard InChI is InChI=1S/C24H28BBrN2O5/c1-6-28-18-8-7-15(26)10-16(18)19-20(24(3,4)12-33-13(2)29)23(32-5)21-17(22(19)28)9-14(11-27-21)25(30)31/h7-11,20,23,30-31H,6,12H2,1-5H3/t20?,23-/m0/s1. The minimum Gasteiger partial charge on any atom is -0.465 e. The summed E-state index contributed by atoms with van der Waals surface area (Å²) in [6, 6.07) is 7.98. The molecular formula is C24H28BBrN2O5. The number of pyridine rings is 1. The van der Waals surface area contributed by atoms with Crippen LogP contribution in [0.4, 0.5) is 0 Å². The highest BCUT2D eigenvalue weighted by atomic mass is 79.9. The van der Waals surface area contributed by atoms with Crippen molar-refractivity contribution in [2.75, 3.05) is 13.7 Å². The third kappa shape index (κ3) is 4.01. The van der Waals surface area contributed by atoms with Gasteiger partial charge in [0.15, 0.2) is 0 Å². The summed E-state index contributed by atoms with van der Waals surface area (Å²) in [5, 5.41) is 20.7. The molecule has 0 saturated heterocycles. The molecule has 4 rings (SSSR count). The van der Waals surface area contributed by atoms with Crippen LogP contribution in [0.15, 0.2) is 34.9 Å². The summed E-state index contributed by atoms with van der Waals surface area (Å²) in [5.41, 5.74) is 4.51. The molecule has 0 fully saturated rings. The Morgan fingerprint density at radius 2 is 2.03 bits per heavy atom. The summed E-state index contributed by atoms with van der Waals surface area (Å²) in [5.74, 6) is -0.502. The van der Waals surface area contributed by atoms with Crippen molar-refractivity contribution in [1.29, 1.82) is 0 Å². The quantitative estimate of drug-likeness (QED) is 0.386. The minimum absolute atomic E-state index is 0.175. The molecule has 1 aromatic carbocycles. The van der Waals surface area contributed by atoms with E-state index in [-0.39, 0.29) is 18.5 Å². The number of carbonyl (C=O) groups is 1. The molecule has 3 aromatic rings. The Labute approximate surface area is 202 Å². The van der Waals surface area contributed by atoms with Crippen LogP contribution in [0.3, 0.4) is 0 Å². The largest absolute Gasteiger partial charge is 0.490 e. The highest BCUT2D eigenvalue weighted by Gasteiger charge is 2.47. The summed E-state index contributed by atoms with van der Waals surface area (Å²) < 4.78 is 14.7. The summed E-state index contributed by atoms with van der Waals surface area (Å²) in [6.45, 7) is 8.58. The maximum absolute atomic E-state index is 11.7. The lowest BCUT2D eigenvalue weighted by Gasteiger charge is -2.42. The van der Waals surface area contributed by atoms with Gasteiger partial charge in [0.1, 0.15) is 6.10 Å². The zero-order valence-corrected chi connectivity index (χ0v) is 21.0. The van der Waals surface area contributed by atoms with Gasteiger partial charge in [-0.3, -0.25) is 9.78 Å². The fourth-order valence-corrected chi connectivity index (χ4v) is 5.43. The normalized spacial score (nSPS) is 17.6. The number of ether oxygens (including phenoxy) is 2. The molecule has 1 aliphatic carbocycles. The second-order valence-corrected chi connectivity index (χ2v) is 10.1. The molecule has 2 atom stereocenters. The molecule has 2 heterocycles. The van der Waals surface area contributed by atoms with E-state index in [0.29, 0.717) is 12.0 Å². The highest BCUT2D eigenvalue weighted by molar-refractivity contribution is 9.10. The predicted octanol–water partition coefficient (Wildman–Crippen LogP) is 3.54. The van der Waals surface area contributed by atoms with E-state index < -0.39 is 18.6 Å². The molecule has 2 N–H and O–H groups in total. The first-order chi connectivity index (χ1) is 15.6. The van der Waals surface area contributed by atoms with E-state index in [4.69, 9.17) is 9.47 Å². The number of rotatable bonds is 6. The zero-order valence-electron chi connectivity index (χ0n) is 19.4. The maximum atomic E-state index is 11.7. The Morgan fingerprint density at radius 3 is 2.64 bits per heavy atom. The van der Waals surface area contributed by atoms with Gasteiger partial charge in [-0.05, 0) is 36.8 Å². The van der Waals surface area contributed by atoms with Crippen molar-refractivity contribution in [3.05, 3.63) is 46.2 Å². The lowest BCUT2D eigenvalue weighted by Crippen LogP contribution is -2.37. The highest BCUT2D eigenvalue weighted by Crippen LogP contribution is 2.56. The number of halogens is 1. The van der Waals surface area contributed by atoms with Crippen LogP contribution in [-0.4, -0.2) is 46.4 Å². The molecule has 1 unspecified atom stereocenters. The van der Waals surface area contributed by atoms with Gasteiger partial charge in [-0.2, -0.15) is 0 Å². The van der Waals surface area contributed by atoms with E-state index in [0.717, 1.165) is 37.9 Å². The van der Waals surface area contributed by atoms with Crippen LogP contribution in [0.2, 0.25) is 0 Å². The number of hydrogen-bond acceptors (Lipinski definition) is 6. The van der Waals surface area contributed by atoms with Crippen molar-refractivity contribution in [3.8, 4) is 11.3 Å². The van der Waals surface area contributed by atoms with Gasteiger partial charge in [0, 0.05) is 64.5 Å². The number of hydrogen-bond donors (Lipinski definition) is 2. The molecule has 174 valence electrons. The molecule has 0 aliphatic heterocycles. The topological polar surface area (TPSA) is 93.8 Å². The fourth-order valence-electron chi connectivity index (χ4n) is 5.07. The molecule has 7 nitrogen and oxygen atoms in total. The Bertz CT molecular complexity index is 1220. The van der Waals surface area contributed by atoms with Crippen molar-refractivity contribution in [2.24, 2.45) is 5.41 Å². The minimum atomic E-state index is -1.63. The SMILES string of the molecule is CCn1c2c(c3cc(Br)ccc31)C(C(C)(C)COC(C)=O)[C@H](OC)c1ncc(B(O)O)cc1-2. The molecule has 0 saturated carbocycles. The second-order valence-electron chi connectivity index (χ2n) is 9.15. The number of methoxy groups -OCH3 is 1. The fraction of sp³-hybridized carbons (Fsp3) is 0.417. The van der Waals surface area contributed by atoms with Crippen LogP contribution >= 0.6 is 15.9 Å². The van der Waals surface area contributed by atoms with E-state index in [9.17, 15) is 14.8 Å². The van der Waals surface area contributed by atoms with Crippen LogP contribution in [0.1, 0.15) is 51.0 Å². The van der Waals surface area contributed by atoms with Gasteiger partial charge in [0.25, 0.3) is 0 Å². The molecule has 0 bridgehead atoms.